The Morgan fingerprint density at radius 2 is 2.00 bits per heavy atom. The van der Waals surface area contributed by atoms with Crippen LogP contribution in [0.25, 0.3) is 0 Å². The number of carboxylic acids is 1. The first kappa shape index (κ1) is 14.5. The normalized spacial score (nSPS) is 14.9. The van der Waals surface area contributed by atoms with E-state index in [0.717, 1.165) is 18.7 Å². The molecular weight excluding hydrogens is 256 g/mol. The van der Waals surface area contributed by atoms with E-state index in [1.54, 1.807) is 6.07 Å². The molecule has 0 saturated heterocycles. The molecule has 2 rings (SSSR count). The number of hydrogen-bond acceptors (Lipinski definition) is 3. The second-order valence-electron chi connectivity index (χ2n) is 5.51. The van der Waals surface area contributed by atoms with Gasteiger partial charge in [0.05, 0.1) is 6.42 Å². The maximum Gasteiger partial charge on any atom is 0.305 e. The Labute approximate surface area is 118 Å². The molecule has 1 atom stereocenters. The highest BCUT2D eigenvalue weighted by Gasteiger charge is 2.21. The maximum absolute atomic E-state index is 12.2. The molecule has 0 aliphatic carbocycles. The number of carbonyl (C=O) groups is 2. The van der Waals surface area contributed by atoms with Gasteiger partial charge in [0, 0.05) is 24.7 Å². The summed E-state index contributed by atoms with van der Waals surface area (Å²) in [6.45, 7) is 5.42. The van der Waals surface area contributed by atoms with E-state index in [2.05, 4.69) is 10.6 Å². The van der Waals surface area contributed by atoms with Crippen LogP contribution in [0.1, 0.15) is 41.8 Å². The fraction of sp³-hybridized carbons (Fsp3) is 0.467. The van der Waals surface area contributed by atoms with E-state index in [9.17, 15) is 9.59 Å². The van der Waals surface area contributed by atoms with Crippen molar-refractivity contribution in [2.24, 2.45) is 5.92 Å². The predicted octanol–water partition coefficient (Wildman–Crippen LogP) is 1.52. The van der Waals surface area contributed by atoms with Gasteiger partial charge in [-0.1, -0.05) is 19.9 Å². The quantitative estimate of drug-likeness (QED) is 0.762. The summed E-state index contributed by atoms with van der Waals surface area (Å²) in [7, 11) is 0. The molecule has 5 heteroatoms. The Morgan fingerprint density at radius 1 is 1.30 bits per heavy atom. The number of hydrogen-bond donors (Lipinski definition) is 3. The molecule has 1 unspecified atom stereocenters. The van der Waals surface area contributed by atoms with E-state index < -0.39 is 5.97 Å². The molecule has 20 heavy (non-hydrogen) atoms. The van der Waals surface area contributed by atoms with E-state index in [1.165, 1.54) is 5.56 Å². The van der Waals surface area contributed by atoms with Crippen LogP contribution in [0.5, 0.6) is 0 Å². The van der Waals surface area contributed by atoms with Crippen LogP contribution in [0.4, 0.5) is 0 Å². The van der Waals surface area contributed by atoms with Crippen molar-refractivity contribution in [2.45, 2.75) is 39.4 Å². The SMILES string of the molecule is CC(C)C(CC(=O)O)NC(=O)c1ccc2c(c1)CNC2. The first-order valence-electron chi connectivity index (χ1n) is 6.82. The van der Waals surface area contributed by atoms with E-state index >= 15 is 0 Å². The Bertz CT molecular complexity index is 526. The molecular formula is C15H20N2O3. The number of benzene rings is 1. The van der Waals surface area contributed by atoms with Gasteiger partial charge in [0.1, 0.15) is 0 Å². The Kier molecular flexibility index (Phi) is 4.39. The number of carboxylic acid groups (broad SMARTS) is 1. The zero-order chi connectivity index (χ0) is 14.7. The highest BCUT2D eigenvalue weighted by atomic mass is 16.4. The van der Waals surface area contributed by atoms with Gasteiger partial charge in [0.15, 0.2) is 0 Å². The zero-order valence-electron chi connectivity index (χ0n) is 11.8. The highest BCUT2D eigenvalue weighted by Crippen LogP contribution is 2.17. The molecule has 108 valence electrons. The summed E-state index contributed by atoms with van der Waals surface area (Å²) in [6.07, 6.45) is -0.0596. The molecule has 0 radical (unpaired) electrons. The molecule has 1 aliphatic heterocycles. The molecule has 0 fully saturated rings. The summed E-state index contributed by atoms with van der Waals surface area (Å²) in [6, 6.07) is 5.26. The van der Waals surface area contributed by atoms with Crippen molar-refractivity contribution < 1.29 is 14.7 Å². The summed E-state index contributed by atoms with van der Waals surface area (Å²) in [5.74, 6) is -1.03. The zero-order valence-corrected chi connectivity index (χ0v) is 11.8. The molecule has 1 aromatic rings. The number of amides is 1. The topological polar surface area (TPSA) is 78.4 Å². The van der Waals surface area contributed by atoms with Crippen LogP contribution >= 0.6 is 0 Å². The standard InChI is InChI=1S/C15H20N2O3/c1-9(2)13(6-14(18)19)17-15(20)10-3-4-11-7-16-8-12(11)5-10/h3-5,9,13,16H,6-8H2,1-2H3,(H,17,20)(H,18,19). The van der Waals surface area contributed by atoms with Gasteiger partial charge in [-0.25, -0.2) is 0 Å². The molecule has 0 spiro atoms. The molecule has 0 bridgehead atoms. The van der Waals surface area contributed by atoms with Crippen molar-refractivity contribution >= 4 is 11.9 Å². The van der Waals surface area contributed by atoms with Crippen molar-refractivity contribution in [3.05, 3.63) is 34.9 Å². The van der Waals surface area contributed by atoms with Crippen LogP contribution < -0.4 is 10.6 Å². The first-order valence-corrected chi connectivity index (χ1v) is 6.82. The van der Waals surface area contributed by atoms with Gasteiger partial charge in [-0.15, -0.1) is 0 Å². The predicted molar refractivity (Wildman–Crippen MR) is 75.3 cm³/mol. The van der Waals surface area contributed by atoms with E-state index in [0.29, 0.717) is 5.56 Å². The summed E-state index contributed by atoms with van der Waals surface area (Å²) in [5.41, 5.74) is 2.94. The summed E-state index contributed by atoms with van der Waals surface area (Å²) in [4.78, 5) is 23.0. The summed E-state index contributed by atoms with van der Waals surface area (Å²) >= 11 is 0. The largest absolute Gasteiger partial charge is 0.481 e. The lowest BCUT2D eigenvalue weighted by molar-refractivity contribution is -0.137. The fourth-order valence-electron chi connectivity index (χ4n) is 2.33. The number of rotatable bonds is 5. The van der Waals surface area contributed by atoms with Gasteiger partial charge in [0.2, 0.25) is 0 Å². The van der Waals surface area contributed by atoms with E-state index in [4.69, 9.17) is 5.11 Å². The lowest BCUT2D eigenvalue weighted by Crippen LogP contribution is -2.40. The number of nitrogens with one attached hydrogen (secondary N) is 2. The third-order valence-corrected chi connectivity index (χ3v) is 3.62. The van der Waals surface area contributed by atoms with Gasteiger partial charge in [-0.3, -0.25) is 9.59 Å². The minimum atomic E-state index is -0.901. The van der Waals surface area contributed by atoms with E-state index in [-0.39, 0.29) is 24.3 Å². The molecule has 1 aromatic carbocycles. The van der Waals surface area contributed by atoms with Crippen molar-refractivity contribution in [1.29, 1.82) is 0 Å². The lowest BCUT2D eigenvalue weighted by atomic mass is 10.00. The Morgan fingerprint density at radius 3 is 2.65 bits per heavy atom. The van der Waals surface area contributed by atoms with Crippen molar-refractivity contribution in [1.82, 2.24) is 10.6 Å². The molecule has 5 nitrogen and oxygen atoms in total. The van der Waals surface area contributed by atoms with Crippen LogP contribution in [0.2, 0.25) is 0 Å². The molecule has 3 N–H and O–H groups in total. The molecule has 1 aliphatic rings. The number of fused-ring (bicyclic) bond motifs is 1. The average molecular weight is 276 g/mol. The van der Waals surface area contributed by atoms with Crippen LogP contribution in [0, 0.1) is 5.92 Å². The minimum Gasteiger partial charge on any atom is -0.481 e. The van der Waals surface area contributed by atoms with Crippen LogP contribution in [-0.2, 0) is 17.9 Å². The monoisotopic (exact) mass is 276 g/mol. The van der Waals surface area contributed by atoms with Crippen molar-refractivity contribution in [3.63, 3.8) is 0 Å². The smallest absolute Gasteiger partial charge is 0.305 e. The average Bonchev–Trinajstić information content (AvgIpc) is 2.84. The molecule has 1 amide bonds. The lowest BCUT2D eigenvalue weighted by Gasteiger charge is -2.20. The Hall–Kier alpha value is -1.88. The maximum atomic E-state index is 12.2. The van der Waals surface area contributed by atoms with Gasteiger partial charge in [-0.2, -0.15) is 0 Å². The minimum absolute atomic E-state index is 0.0596. The third kappa shape index (κ3) is 3.36. The van der Waals surface area contributed by atoms with Crippen LogP contribution in [-0.4, -0.2) is 23.0 Å². The van der Waals surface area contributed by atoms with Gasteiger partial charge in [0.25, 0.3) is 5.91 Å². The first-order chi connectivity index (χ1) is 9.47. The number of carbonyl (C=O) groups excluding carboxylic acids is 1. The highest BCUT2D eigenvalue weighted by molar-refractivity contribution is 5.95. The van der Waals surface area contributed by atoms with Gasteiger partial charge in [-0.05, 0) is 29.2 Å². The van der Waals surface area contributed by atoms with Crippen LogP contribution in [0.3, 0.4) is 0 Å². The second kappa shape index (κ2) is 6.05. The molecule has 0 saturated carbocycles. The van der Waals surface area contributed by atoms with Crippen LogP contribution in [0.15, 0.2) is 18.2 Å². The summed E-state index contributed by atoms with van der Waals surface area (Å²) < 4.78 is 0. The van der Waals surface area contributed by atoms with Crippen molar-refractivity contribution in [3.8, 4) is 0 Å². The van der Waals surface area contributed by atoms with Crippen molar-refractivity contribution in [2.75, 3.05) is 0 Å². The van der Waals surface area contributed by atoms with Gasteiger partial charge >= 0.3 is 5.97 Å². The van der Waals surface area contributed by atoms with E-state index in [1.807, 2.05) is 26.0 Å². The molecule has 1 heterocycles. The Balaban J connectivity index is 2.08. The molecule has 0 aromatic heterocycles. The second-order valence-corrected chi connectivity index (χ2v) is 5.51. The third-order valence-electron chi connectivity index (χ3n) is 3.62. The number of aliphatic carboxylic acids is 1. The summed E-state index contributed by atoms with van der Waals surface area (Å²) in [5, 5.41) is 14.9. The van der Waals surface area contributed by atoms with Gasteiger partial charge < -0.3 is 15.7 Å². The fourth-order valence-corrected chi connectivity index (χ4v) is 2.33.